The summed E-state index contributed by atoms with van der Waals surface area (Å²) in [6.45, 7) is 0.198. The highest BCUT2D eigenvalue weighted by atomic mass is 19.4. The van der Waals surface area contributed by atoms with E-state index in [2.05, 4.69) is 15.4 Å². The number of alkyl halides is 3. The van der Waals surface area contributed by atoms with Gasteiger partial charge in [-0.15, -0.1) is 13.2 Å². The van der Waals surface area contributed by atoms with Crippen LogP contribution in [0.15, 0.2) is 48.5 Å². The van der Waals surface area contributed by atoms with Gasteiger partial charge in [-0.3, -0.25) is 9.59 Å². The Bertz CT molecular complexity index is 1070. The molecule has 37 heavy (non-hydrogen) atoms. The van der Waals surface area contributed by atoms with Gasteiger partial charge in [0.1, 0.15) is 5.75 Å². The Kier molecular flexibility index (Phi) is 9.34. The van der Waals surface area contributed by atoms with Crippen LogP contribution in [0.5, 0.6) is 5.75 Å². The molecule has 2 aromatic carbocycles. The normalized spacial score (nSPS) is 17.5. The molecule has 1 aliphatic rings. The minimum Gasteiger partial charge on any atom is -0.481 e. The second-order valence-corrected chi connectivity index (χ2v) is 8.69. The number of carboxylic acids is 1. The number of carbonyl (C=O) groups is 3. The minimum atomic E-state index is -4.82. The number of carboxylic acid groups (broad SMARTS) is 1. The quantitative estimate of drug-likeness (QED) is 0.391. The van der Waals surface area contributed by atoms with Crippen molar-refractivity contribution in [1.82, 2.24) is 10.2 Å². The zero-order valence-corrected chi connectivity index (χ0v) is 19.8. The van der Waals surface area contributed by atoms with Crippen LogP contribution in [0.2, 0.25) is 0 Å². The molecule has 0 atom stereocenters. The van der Waals surface area contributed by atoms with Crippen LogP contribution >= 0.6 is 0 Å². The molecule has 0 aliphatic heterocycles. The Hall–Kier alpha value is -3.80. The van der Waals surface area contributed by atoms with Gasteiger partial charge in [0.05, 0.1) is 12.5 Å². The molecule has 2 aromatic rings. The zero-order valence-electron chi connectivity index (χ0n) is 19.8. The average molecular weight is 524 g/mol. The number of aliphatic hydroxyl groups excluding tert-OH is 1. The van der Waals surface area contributed by atoms with Crippen LogP contribution in [0.1, 0.15) is 48.0 Å². The van der Waals surface area contributed by atoms with Crippen LogP contribution < -0.4 is 15.4 Å². The number of amides is 3. The van der Waals surface area contributed by atoms with Gasteiger partial charge < -0.3 is 30.5 Å². The van der Waals surface area contributed by atoms with Gasteiger partial charge in [-0.1, -0.05) is 12.1 Å². The molecule has 0 bridgehead atoms. The molecule has 0 saturated heterocycles. The van der Waals surface area contributed by atoms with Crippen molar-refractivity contribution in [1.29, 1.82) is 0 Å². The van der Waals surface area contributed by atoms with Gasteiger partial charge >= 0.3 is 18.4 Å². The van der Waals surface area contributed by atoms with Crippen LogP contribution in [0.25, 0.3) is 0 Å². The van der Waals surface area contributed by atoms with E-state index in [9.17, 15) is 32.7 Å². The van der Waals surface area contributed by atoms with Crippen molar-refractivity contribution in [3.05, 3.63) is 59.7 Å². The molecule has 1 saturated carbocycles. The number of nitrogens with zero attached hydrogens (tertiary/aromatic N) is 1. The largest absolute Gasteiger partial charge is 0.573 e. The number of carbonyl (C=O) groups excluding carboxylic acids is 2. The summed E-state index contributed by atoms with van der Waals surface area (Å²) in [6, 6.07) is 10.7. The van der Waals surface area contributed by atoms with Gasteiger partial charge in [0, 0.05) is 30.4 Å². The summed E-state index contributed by atoms with van der Waals surface area (Å²) >= 11 is 0. The molecule has 0 spiro atoms. The summed E-state index contributed by atoms with van der Waals surface area (Å²) in [5.41, 5.74) is 1.36. The Balaban J connectivity index is 1.68. The smallest absolute Gasteiger partial charge is 0.481 e. The lowest BCUT2D eigenvalue weighted by Gasteiger charge is -2.36. The first-order valence-corrected chi connectivity index (χ1v) is 11.7. The number of benzene rings is 2. The van der Waals surface area contributed by atoms with Crippen LogP contribution in [0.4, 0.5) is 23.7 Å². The van der Waals surface area contributed by atoms with Crippen LogP contribution in [-0.4, -0.2) is 58.1 Å². The number of ether oxygens (including phenoxy) is 1. The van der Waals surface area contributed by atoms with Gasteiger partial charge in [-0.05, 0) is 67.6 Å². The SMILES string of the molecule is O=C(O)CCNC(=O)c1ccc(CN(C(=O)Nc2ccc(OC(F)(F)F)cc2)C2CCC(O)CC2)cc1. The van der Waals surface area contributed by atoms with E-state index in [-0.39, 0.29) is 31.2 Å². The highest BCUT2D eigenvalue weighted by Gasteiger charge is 2.31. The Labute approximate surface area is 211 Å². The molecular formula is C25H28F3N3O6. The van der Waals surface area contributed by atoms with E-state index in [1.54, 1.807) is 29.2 Å². The van der Waals surface area contributed by atoms with E-state index in [1.807, 2.05) is 0 Å². The second-order valence-electron chi connectivity index (χ2n) is 8.69. The molecule has 3 rings (SSSR count). The number of nitrogens with one attached hydrogen (secondary N) is 2. The van der Waals surface area contributed by atoms with Gasteiger partial charge in [0.2, 0.25) is 0 Å². The Morgan fingerprint density at radius 3 is 2.16 bits per heavy atom. The molecule has 4 N–H and O–H groups in total. The molecule has 1 fully saturated rings. The lowest BCUT2D eigenvalue weighted by atomic mass is 9.92. The van der Waals surface area contributed by atoms with E-state index < -0.39 is 36.1 Å². The predicted octanol–water partition coefficient (Wildman–Crippen LogP) is 4.13. The molecular weight excluding hydrogens is 495 g/mol. The molecule has 0 heterocycles. The van der Waals surface area contributed by atoms with E-state index in [0.717, 1.165) is 17.7 Å². The summed E-state index contributed by atoms with van der Waals surface area (Å²) in [5, 5.41) is 23.8. The average Bonchev–Trinajstić information content (AvgIpc) is 2.83. The lowest BCUT2D eigenvalue weighted by molar-refractivity contribution is -0.274. The number of aliphatic carboxylic acids is 1. The van der Waals surface area contributed by atoms with Gasteiger partial charge in [0.15, 0.2) is 0 Å². The number of halogens is 3. The van der Waals surface area contributed by atoms with E-state index in [4.69, 9.17) is 5.11 Å². The highest BCUT2D eigenvalue weighted by molar-refractivity contribution is 5.94. The summed E-state index contributed by atoms with van der Waals surface area (Å²) < 4.78 is 41.0. The number of hydrogen-bond donors (Lipinski definition) is 4. The van der Waals surface area contributed by atoms with E-state index in [1.165, 1.54) is 12.1 Å². The van der Waals surface area contributed by atoms with Crippen molar-refractivity contribution in [2.24, 2.45) is 0 Å². The monoisotopic (exact) mass is 523 g/mol. The second kappa shape index (κ2) is 12.4. The fourth-order valence-corrected chi connectivity index (χ4v) is 4.02. The van der Waals surface area contributed by atoms with Crippen molar-refractivity contribution < 1.29 is 42.5 Å². The van der Waals surface area contributed by atoms with Crippen molar-refractivity contribution in [2.45, 2.75) is 57.2 Å². The van der Waals surface area contributed by atoms with Crippen molar-refractivity contribution in [3.63, 3.8) is 0 Å². The summed E-state index contributed by atoms with van der Waals surface area (Å²) in [6.07, 6.45) is -3.21. The maximum Gasteiger partial charge on any atom is 0.573 e. The first kappa shape index (κ1) is 27.8. The number of anilines is 1. The molecule has 3 amide bonds. The topological polar surface area (TPSA) is 128 Å². The molecule has 0 radical (unpaired) electrons. The summed E-state index contributed by atoms with van der Waals surface area (Å²) in [7, 11) is 0. The summed E-state index contributed by atoms with van der Waals surface area (Å²) in [5.74, 6) is -1.84. The number of hydrogen-bond acceptors (Lipinski definition) is 5. The van der Waals surface area contributed by atoms with Crippen molar-refractivity contribution in [2.75, 3.05) is 11.9 Å². The molecule has 1 aliphatic carbocycles. The van der Waals surface area contributed by atoms with E-state index in [0.29, 0.717) is 31.2 Å². The van der Waals surface area contributed by atoms with Crippen molar-refractivity contribution >= 4 is 23.6 Å². The van der Waals surface area contributed by atoms with Crippen LogP contribution in [0, 0.1) is 0 Å². The third-order valence-corrected chi connectivity index (χ3v) is 5.90. The standard InChI is InChI=1S/C25H28F3N3O6/c26-25(27,28)37-21-11-5-18(6-12-21)30-24(36)31(19-7-9-20(32)10-8-19)15-16-1-3-17(4-2-16)23(35)29-14-13-22(33)34/h1-6,11-12,19-20,32H,7-10,13-15H2,(H,29,35)(H,30,36)(H,33,34). The number of urea groups is 1. The lowest BCUT2D eigenvalue weighted by Crippen LogP contribution is -2.44. The van der Waals surface area contributed by atoms with Crippen LogP contribution in [0.3, 0.4) is 0 Å². The molecule has 0 unspecified atom stereocenters. The molecule has 200 valence electrons. The van der Waals surface area contributed by atoms with Gasteiger partial charge in [-0.25, -0.2) is 4.79 Å². The number of aliphatic hydroxyl groups is 1. The minimum absolute atomic E-state index is 0.000702. The van der Waals surface area contributed by atoms with Crippen molar-refractivity contribution in [3.8, 4) is 5.75 Å². The molecule has 12 heteroatoms. The third kappa shape index (κ3) is 8.98. The Morgan fingerprint density at radius 2 is 1.59 bits per heavy atom. The first-order valence-electron chi connectivity index (χ1n) is 11.7. The Morgan fingerprint density at radius 1 is 0.973 bits per heavy atom. The predicted molar refractivity (Wildman–Crippen MR) is 127 cm³/mol. The van der Waals surface area contributed by atoms with Gasteiger partial charge in [-0.2, -0.15) is 0 Å². The van der Waals surface area contributed by atoms with Gasteiger partial charge in [0.25, 0.3) is 5.91 Å². The maximum atomic E-state index is 13.2. The van der Waals surface area contributed by atoms with Crippen LogP contribution in [-0.2, 0) is 11.3 Å². The number of rotatable bonds is 9. The zero-order chi connectivity index (χ0) is 27.0. The molecule has 9 nitrogen and oxygen atoms in total. The first-order chi connectivity index (χ1) is 17.5. The molecule has 0 aromatic heterocycles. The fraction of sp³-hybridized carbons (Fsp3) is 0.400. The van der Waals surface area contributed by atoms with E-state index >= 15 is 0 Å². The third-order valence-electron chi connectivity index (χ3n) is 5.90. The fourth-order valence-electron chi connectivity index (χ4n) is 4.02. The maximum absolute atomic E-state index is 13.2. The summed E-state index contributed by atoms with van der Waals surface area (Å²) in [4.78, 5) is 37.6. The highest BCUT2D eigenvalue weighted by Crippen LogP contribution is 2.27.